The summed E-state index contributed by atoms with van der Waals surface area (Å²) in [7, 11) is 6.00. The third-order valence-electron chi connectivity index (χ3n) is 0. The fourth-order valence-electron chi connectivity index (χ4n) is 0. The Morgan fingerprint density at radius 2 is 1.25 bits per heavy atom. The van der Waals surface area contributed by atoms with Crippen LogP contribution in [0.3, 0.4) is 0 Å². The molecule has 0 aliphatic carbocycles. The fraction of sp³-hybridized carbons (Fsp3) is 1.00. The van der Waals surface area contributed by atoms with Crippen LogP contribution in [0.1, 0.15) is 6.92 Å². The quantitative estimate of drug-likeness (QED) is 0.533. The van der Waals surface area contributed by atoms with Crippen LogP contribution in [0.4, 0.5) is 0 Å². The van der Waals surface area contributed by atoms with Crippen LogP contribution in [0.15, 0.2) is 0 Å². The molecule has 2 N–H and O–H groups in total. The largest absolute Gasteiger partial charge is 0.331 e. The first kappa shape index (κ1) is 15.7. The van der Waals surface area contributed by atoms with Crippen molar-refractivity contribution >= 4 is 12.4 Å². The smallest absolute Gasteiger partial charge is 0.0106 e. The zero-order valence-corrected chi connectivity index (χ0v) is 6.96. The average molecular weight is 141 g/mol. The van der Waals surface area contributed by atoms with Crippen LogP contribution in [-0.2, 0) is 0 Å². The molecule has 0 spiro atoms. The van der Waals surface area contributed by atoms with E-state index in [1.807, 2.05) is 33.0 Å². The Bertz CT molecular complexity index is 21.6. The van der Waals surface area contributed by atoms with E-state index in [-0.39, 0.29) is 12.4 Å². The van der Waals surface area contributed by atoms with Gasteiger partial charge >= 0.3 is 0 Å². The van der Waals surface area contributed by atoms with Crippen LogP contribution in [0, 0.1) is 0 Å². The summed E-state index contributed by atoms with van der Waals surface area (Å²) in [5.41, 5.74) is 4.85. The lowest BCUT2D eigenvalue weighted by molar-refractivity contribution is 0.505. The molecule has 0 radical (unpaired) electrons. The first-order chi connectivity index (χ1) is 3.15. The van der Waals surface area contributed by atoms with Crippen LogP contribution in [-0.4, -0.2) is 32.6 Å². The highest BCUT2D eigenvalue weighted by Crippen LogP contribution is 1.47. The summed E-state index contributed by atoms with van der Waals surface area (Å²) in [5, 5.41) is 0. The lowest BCUT2D eigenvalue weighted by Crippen LogP contribution is -1.99. The van der Waals surface area contributed by atoms with Crippen molar-refractivity contribution in [1.29, 1.82) is 0 Å². The van der Waals surface area contributed by atoms with E-state index in [1.54, 1.807) is 0 Å². The van der Waals surface area contributed by atoms with Gasteiger partial charge in [0.1, 0.15) is 0 Å². The standard InChI is InChI=1S/C3H9N.C2H7N.ClH/c1-4(2)3;1-2-3;/h1-3H3;2-3H2,1H3;1H. The second kappa shape index (κ2) is 15.7. The first-order valence-corrected chi connectivity index (χ1v) is 2.46. The van der Waals surface area contributed by atoms with Crippen LogP contribution in [0.2, 0.25) is 0 Å². The maximum atomic E-state index is 4.85. The van der Waals surface area contributed by atoms with Gasteiger partial charge in [0.05, 0.1) is 0 Å². The Balaban J connectivity index is -0.0000000575. The molecule has 0 fully saturated rings. The Morgan fingerprint density at radius 3 is 1.25 bits per heavy atom. The molecule has 0 bridgehead atoms. The Labute approximate surface area is 58.5 Å². The highest BCUT2D eigenvalue weighted by Gasteiger charge is 1.58. The molecule has 0 aromatic rings. The molecule has 8 heavy (non-hydrogen) atoms. The third kappa shape index (κ3) is 3820. The summed E-state index contributed by atoms with van der Waals surface area (Å²) in [4.78, 5) is 2.00. The molecule has 0 unspecified atom stereocenters. The van der Waals surface area contributed by atoms with Crippen molar-refractivity contribution in [3.63, 3.8) is 0 Å². The minimum absolute atomic E-state index is 0. The van der Waals surface area contributed by atoms with Crippen molar-refractivity contribution in [2.24, 2.45) is 5.73 Å². The number of nitrogens with two attached hydrogens (primary N) is 1. The van der Waals surface area contributed by atoms with Crippen molar-refractivity contribution in [3.8, 4) is 0 Å². The van der Waals surface area contributed by atoms with E-state index in [9.17, 15) is 0 Å². The van der Waals surface area contributed by atoms with Crippen molar-refractivity contribution < 1.29 is 0 Å². The van der Waals surface area contributed by atoms with Gasteiger partial charge in [0.15, 0.2) is 0 Å². The van der Waals surface area contributed by atoms with E-state index >= 15 is 0 Å². The van der Waals surface area contributed by atoms with E-state index in [0.29, 0.717) is 0 Å². The van der Waals surface area contributed by atoms with E-state index in [0.717, 1.165) is 6.54 Å². The molecule has 0 aromatic carbocycles. The van der Waals surface area contributed by atoms with E-state index in [2.05, 4.69) is 0 Å². The van der Waals surface area contributed by atoms with E-state index in [1.165, 1.54) is 0 Å². The Hall–Kier alpha value is 0.210. The van der Waals surface area contributed by atoms with Gasteiger partial charge in [-0.15, -0.1) is 12.4 Å². The zero-order chi connectivity index (χ0) is 6.28. The van der Waals surface area contributed by atoms with Gasteiger partial charge in [0, 0.05) is 0 Å². The van der Waals surface area contributed by atoms with Gasteiger partial charge in [-0.2, -0.15) is 0 Å². The Morgan fingerprint density at radius 1 is 1.25 bits per heavy atom. The molecule has 3 heteroatoms. The maximum absolute atomic E-state index is 4.85. The Kier molecular flexibility index (Phi) is 30.8. The molecule has 2 nitrogen and oxygen atoms in total. The third-order valence-corrected chi connectivity index (χ3v) is 0. The predicted octanol–water partition coefficient (Wildman–Crippen LogP) is 0.565. The van der Waals surface area contributed by atoms with E-state index in [4.69, 9.17) is 5.73 Å². The molecule has 0 aliphatic heterocycles. The summed E-state index contributed by atoms with van der Waals surface area (Å²) >= 11 is 0. The second-order valence-electron chi connectivity index (χ2n) is 1.75. The van der Waals surface area contributed by atoms with Crippen LogP contribution >= 0.6 is 12.4 Å². The summed E-state index contributed by atoms with van der Waals surface area (Å²) in [6.45, 7) is 2.65. The molecule has 0 amide bonds. The van der Waals surface area contributed by atoms with Gasteiger partial charge in [-0.3, -0.25) is 0 Å². The lowest BCUT2D eigenvalue weighted by atomic mass is 10.8. The van der Waals surface area contributed by atoms with Gasteiger partial charge in [-0.05, 0) is 27.7 Å². The van der Waals surface area contributed by atoms with Crippen molar-refractivity contribution in [1.82, 2.24) is 4.90 Å². The number of rotatable bonds is 0. The molecule has 0 saturated carbocycles. The monoisotopic (exact) mass is 140 g/mol. The minimum Gasteiger partial charge on any atom is -0.331 e. The van der Waals surface area contributed by atoms with Gasteiger partial charge in [0.2, 0.25) is 0 Å². The molecule has 0 saturated heterocycles. The van der Waals surface area contributed by atoms with Crippen LogP contribution in [0.25, 0.3) is 0 Å². The fourth-order valence-corrected chi connectivity index (χ4v) is 0. The molecule has 0 atom stereocenters. The van der Waals surface area contributed by atoms with E-state index < -0.39 is 0 Å². The first-order valence-electron chi connectivity index (χ1n) is 2.46. The van der Waals surface area contributed by atoms with Crippen molar-refractivity contribution in [2.45, 2.75) is 6.92 Å². The number of halogens is 1. The highest BCUT2D eigenvalue weighted by atomic mass is 35.5. The van der Waals surface area contributed by atoms with Crippen LogP contribution in [0.5, 0.6) is 0 Å². The molecular formula is C5H17ClN2. The molecule has 0 aromatic heterocycles. The summed E-state index contributed by atoms with van der Waals surface area (Å²) in [6, 6.07) is 0. The lowest BCUT2D eigenvalue weighted by Gasteiger charge is -1.90. The van der Waals surface area contributed by atoms with Gasteiger partial charge < -0.3 is 10.6 Å². The van der Waals surface area contributed by atoms with Crippen molar-refractivity contribution in [3.05, 3.63) is 0 Å². The van der Waals surface area contributed by atoms with Gasteiger partial charge in [0.25, 0.3) is 0 Å². The number of hydrogen-bond donors (Lipinski definition) is 1. The molecule has 54 valence electrons. The summed E-state index contributed by atoms with van der Waals surface area (Å²) in [6.07, 6.45) is 0. The second-order valence-corrected chi connectivity index (χ2v) is 1.75. The summed E-state index contributed by atoms with van der Waals surface area (Å²) in [5.74, 6) is 0. The zero-order valence-electron chi connectivity index (χ0n) is 6.14. The maximum Gasteiger partial charge on any atom is -0.0106 e. The molecule has 0 aliphatic rings. The number of nitrogens with zero attached hydrogens (tertiary/aromatic N) is 1. The molecular weight excluding hydrogens is 124 g/mol. The topological polar surface area (TPSA) is 29.3 Å². The molecule has 0 rings (SSSR count). The SMILES string of the molecule is CCN.CN(C)C.Cl. The van der Waals surface area contributed by atoms with Gasteiger partial charge in [-0.25, -0.2) is 0 Å². The van der Waals surface area contributed by atoms with Crippen LogP contribution < -0.4 is 5.73 Å². The normalized spacial score (nSPS) is 6.75. The van der Waals surface area contributed by atoms with Gasteiger partial charge in [-0.1, -0.05) is 6.92 Å². The van der Waals surface area contributed by atoms with Crippen molar-refractivity contribution in [2.75, 3.05) is 27.7 Å². The average Bonchev–Trinajstić information content (AvgIpc) is 1.33. The summed E-state index contributed by atoms with van der Waals surface area (Å²) < 4.78 is 0. The number of hydrogen-bond acceptors (Lipinski definition) is 2. The predicted molar refractivity (Wildman–Crippen MR) is 41.6 cm³/mol. The minimum atomic E-state index is 0. The molecule has 0 heterocycles. The highest BCUT2D eigenvalue weighted by molar-refractivity contribution is 5.85.